The van der Waals surface area contributed by atoms with Crippen LogP contribution in [0.3, 0.4) is 0 Å². The van der Waals surface area contributed by atoms with E-state index in [0.29, 0.717) is 0 Å². The van der Waals surface area contributed by atoms with Gasteiger partial charge in [-0.2, -0.15) is 0 Å². The van der Waals surface area contributed by atoms with Gasteiger partial charge in [-0.25, -0.2) is 0 Å². The highest BCUT2D eigenvalue weighted by molar-refractivity contribution is 5.45. The largest absolute Gasteiger partial charge is 0.494 e. The molecule has 0 radical (unpaired) electrons. The molecule has 0 amide bonds. The highest BCUT2D eigenvalue weighted by atomic mass is 16.5. The maximum Gasteiger partial charge on any atom is 0.119 e. The molecule has 0 saturated heterocycles. The Hall–Kier alpha value is -1.96. The van der Waals surface area contributed by atoms with E-state index in [1.54, 1.807) is 0 Å². The van der Waals surface area contributed by atoms with Crippen molar-refractivity contribution in [1.29, 1.82) is 0 Å². The third-order valence-electron chi connectivity index (χ3n) is 4.93. The first-order chi connectivity index (χ1) is 13.3. The standard InChI is InChI=1S/C25H37NO/c1-3-5-6-7-8-9-10-20-27-25-18-14-23(15-19-25)21-26-24-16-12-22(11-4-2)13-17-24/h12-19,26H,3-11,20-21H2,1-2H3. The summed E-state index contributed by atoms with van der Waals surface area (Å²) in [6.45, 7) is 6.15. The Labute approximate surface area is 166 Å². The van der Waals surface area contributed by atoms with E-state index in [-0.39, 0.29) is 0 Å². The topological polar surface area (TPSA) is 21.3 Å². The first kappa shape index (κ1) is 21.3. The molecule has 0 aliphatic carbocycles. The summed E-state index contributed by atoms with van der Waals surface area (Å²) in [6, 6.07) is 17.2. The van der Waals surface area contributed by atoms with Gasteiger partial charge in [0.25, 0.3) is 0 Å². The second kappa shape index (κ2) is 13.2. The zero-order valence-corrected chi connectivity index (χ0v) is 17.3. The van der Waals surface area contributed by atoms with Crippen LogP contribution in [-0.4, -0.2) is 6.61 Å². The van der Waals surface area contributed by atoms with E-state index in [1.165, 1.54) is 61.8 Å². The number of benzene rings is 2. The molecule has 0 aliphatic rings. The van der Waals surface area contributed by atoms with Gasteiger partial charge in [0, 0.05) is 12.2 Å². The Morgan fingerprint density at radius 3 is 1.96 bits per heavy atom. The molecule has 27 heavy (non-hydrogen) atoms. The molecule has 1 N–H and O–H groups in total. The zero-order chi connectivity index (χ0) is 19.2. The molecule has 0 aromatic heterocycles. The monoisotopic (exact) mass is 367 g/mol. The van der Waals surface area contributed by atoms with E-state index in [0.717, 1.165) is 31.7 Å². The Kier molecular flexibility index (Phi) is 10.5. The lowest BCUT2D eigenvalue weighted by Crippen LogP contribution is -2.00. The fourth-order valence-corrected chi connectivity index (χ4v) is 3.23. The van der Waals surface area contributed by atoms with E-state index >= 15 is 0 Å². The minimum absolute atomic E-state index is 0.829. The van der Waals surface area contributed by atoms with Crippen LogP contribution in [0.25, 0.3) is 0 Å². The van der Waals surface area contributed by atoms with Crippen LogP contribution < -0.4 is 10.1 Å². The number of aryl methyl sites for hydroxylation is 1. The van der Waals surface area contributed by atoms with Crippen LogP contribution in [0.1, 0.15) is 76.3 Å². The average Bonchev–Trinajstić information content (AvgIpc) is 2.70. The maximum atomic E-state index is 5.87. The van der Waals surface area contributed by atoms with E-state index in [4.69, 9.17) is 4.74 Å². The zero-order valence-electron chi connectivity index (χ0n) is 17.3. The van der Waals surface area contributed by atoms with Crippen molar-refractivity contribution in [3.8, 4) is 5.75 Å². The average molecular weight is 368 g/mol. The first-order valence-electron chi connectivity index (χ1n) is 10.9. The number of hydrogen-bond acceptors (Lipinski definition) is 2. The summed E-state index contributed by atoms with van der Waals surface area (Å²) in [7, 11) is 0. The number of hydrogen-bond donors (Lipinski definition) is 1. The SMILES string of the molecule is CCCCCCCCCOc1ccc(CNc2ccc(CCC)cc2)cc1. The van der Waals surface area contributed by atoms with Crippen molar-refractivity contribution in [3.63, 3.8) is 0 Å². The fourth-order valence-electron chi connectivity index (χ4n) is 3.23. The van der Waals surface area contributed by atoms with Crippen LogP contribution in [-0.2, 0) is 13.0 Å². The van der Waals surface area contributed by atoms with Gasteiger partial charge in [0.1, 0.15) is 5.75 Å². The summed E-state index contributed by atoms with van der Waals surface area (Å²) in [4.78, 5) is 0. The minimum atomic E-state index is 0.829. The van der Waals surface area contributed by atoms with E-state index in [2.05, 4.69) is 67.7 Å². The lowest BCUT2D eigenvalue weighted by atomic mass is 10.1. The molecule has 0 saturated carbocycles. The molecule has 0 fully saturated rings. The van der Waals surface area contributed by atoms with Gasteiger partial charge in [-0.3, -0.25) is 0 Å². The quantitative estimate of drug-likeness (QED) is 0.352. The normalized spacial score (nSPS) is 10.7. The van der Waals surface area contributed by atoms with Crippen LogP contribution in [0.15, 0.2) is 48.5 Å². The second-order valence-corrected chi connectivity index (χ2v) is 7.41. The highest BCUT2D eigenvalue weighted by Crippen LogP contribution is 2.16. The van der Waals surface area contributed by atoms with E-state index in [9.17, 15) is 0 Å². The molecule has 2 rings (SSSR count). The number of rotatable bonds is 14. The molecule has 0 aliphatic heterocycles. The minimum Gasteiger partial charge on any atom is -0.494 e. The number of nitrogens with one attached hydrogen (secondary N) is 1. The van der Waals surface area contributed by atoms with Crippen LogP contribution in [0, 0.1) is 0 Å². The highest BCUT2D eigenvalue weighted by Gasteiger charge is 1.98. The van der Waals surface area contributed by atoms with Crippen LogP contribution >= 0.6 is 0 Å². The summed E-state index contributed by atoms with van der Waals surface area (Å²) in [5, 5.41) is 3.49. The van der Waals surface area contributed by atoms with Gasteiger partial charge in [-0.05, 0) is 48.2 Å². The summed E-state index contributed by atoms with van der Waals surface area (Å²) in [5.41, 5.74) is 3.86. The molecule has 0 heterocycles. The molecule has 0 atom stereocenters. The van der Waals surface area contributed by atoms with Crippen LogP contribution in [0.4, 0.5) is 5.69 Å². The molecule has 2 aromatic carbocycles. The Morgan fingerprint density at radius 1 is 0.667 bits per heavy atom. The Bertz CT molecular complexity index is 603. The summed E-state index contributed by atoms with van der Waals surface area (Å²) in [6.07, 6.45) is 11.6. The van der Waals surface area contributed by atoms with Crippen molar-refractivity contribution in [2.45, 2.75) is 78.2 Å². The molecule has 0 unspecified atom stereocenters. The molecule has 0 bridgehead atoms. The molecule has 2 heteroatoms. The van der Waals surface area contributed by atoms with E-state index in [1.807, 2.05) is 0 Å². The lowest BCUT2D eigenvalue weighted by molar-refractivity contribution is 0.304. The Balaban J connectivity index is 1.61. The van der Waals surface area contributed by atoms with Gasteiger partial charge >= 0.3 is 0 Å². The van der Waals surface area contributed by atoms with Crippen molar-refractivity contribution in [2.24, 2.45) is 0 Å². The first-order valence-corrected chi connectivity index (χ1v) is 10.9. The molecular weight excluding hydrogens is 330 g/mol. The number of unbranched alkanes of at least 4 members (excludes halogenated alkanes) is 6. The molecular formula is C25H37NO. The predicted molar refractivity (Wildman–Crippen MR) is 118 cm³/mol. The van der Waals surface area contributed by atoms with Gasteiger partial charge < -0.3 is 10.1 Å². The van der Waals surface area contributed by atoms with Gasteiger partial charge in [0.05, 0.1) is 6.61 Å². The number of ether oxygens (including phenoxy) is 1. The second-order valence-electron chi connectivity index (χ2n) is 7.41. The van der Waals surface area contributed by atoms with Gasteiger partial charge in [0.15, 0.2) is 0 Å². The summed E-state index contributed by atoms with van der Waals surface area (Å²) < 4.78 is 5.87. The van der Waals surface area contributed by atoms with Crippen molar-refractivity contribution in [1.82, 2.24) is 0 Å². The summed E-state index contributed by atoms with van der Waals surface area (Å²) >= 11 is 0. The number of anilines is 1. The Morgan fingerprint density at radius 2 is 1.30 bits per heavy atom. The van der Waals surface area contributed by atoms with Crippen molar-refractivity contribution >= 4 is 5.69 Å². The van der Waals surface area contributed by atoms with E-state index < -0.39 is 0 Å². The lowest BCUT2D eigenvalue weighted by Gasteiger charge is -2.09. The van der Waals surface area contributed by atoms with Gasteiger partial charge in [-0.1, -0.05) is 83.1 Å². The summed E-state index contributed by atoms with van der Waals surface area (Å²) in [5.74, 6) is 0.980. The molecule has 148 valence electrons. The smallest absolute Gasteiger partial charge is 0.119 e. The van der Waals surface area contributed by atoms with Gasteiger partial charge in [0.2, 0.25) is 0 Å². The van der Waals surface area contributed by atoms with Gasteiger partial charge in [-0.15, -0.1) is 0 Å². The van der Waals surface area contributed by atoms with Crippen molar-refractivity contribution in [3.05, 3.63) is 59.7 Å². The molecule has 2 nitrogen and oxygen atoms in total. The van der Waals surface area contributed by atoms with Crippen LogP contribution in [0.5, 0.6) is 5.75 Å². The van der Waals surface area contributed by atoms with Crippen LogP contribution in [0.2, 0.25) is 0 Å². The molecule has 2 aromatic rings. The third kappa shape index (κ3) is 8.99. The van der Waals surface area contributed by atoms with Crippen molar-refractivity contribution in [2.75, 3.05) is 11.9 Å². The maximum absolute atomic E-state index is 5.87. The fraction of sp³-hybridized carbons (Fsp3) is 0.520. The predicted octanol–water partition coefficient (Wildman–Crippen LogP) is 7.38. The third-order valence-corrected chi connectivity index (χ3v) is 4.93. The molecule has 0 spiro atoms. The van der Waals surface area contributed by atoms with Crippen molar-refractivity contribution < 1.29 is 4.74 Å².